The van der Waals surface area contributed by atoms with Crippen LogP contribution in [-0.2, 0) is 19.7 Å². The molecular weight excluding hydrogens is 318 g/mol. The molecule has 138 valence electrons. The summed E-state index contributed by atoms with van der Waals surface area (Å²) in [6, 6.07) is 6.94. The second kappa shape index (κ2) is 8.48. The first-order chi connectivity index (χ1) is 11.8. The molecule has 1 unspecified atom stereocenters. The first-order valence-corrected chi connectivity index (χ1v) is 9.11. The van der Waals surface area contributed by atoms with Crippen molar-refractivity contribution >= 4 is 17.6 Å². The molecule has 0 aromatic heterocycles. The fraction of sp³-hybridized carbons (Fsp3) is 0.600. The summed E-state index contributed by atoms with van der Waals surface area (Å²) >= 11 is 0. The minimum atomic E-state index is -0.960. The summed E-state index contributed by atoms with van der Waals surface area (Å²) in [4.78, 5) is 23.6. The van der Waals surface area contributed by atoms with Crippen LogP contribution in [0.2, 0.25) is 0 Å². The quantitative estimate of drug-likeness (QED) is 0.759. The van der Waals surface area contributed by atoms with Crippen LogP contribution in [0.4, 0.5) is 5.69 Å². The Morgan fingerprint density at radius 3 is 2.20 bits per heavy atom. The fourth-order valence-corrected chi connectivity index (χ4v) is 3.07. The SMILES string of the molecule is CC(OC1CCCCCC1)C(=O)Nc1ccc(C(C)(C)C(=O)O)cc1. The number of hydrogen-bond donors (Lipinski definition) is 2. The van der Waals surface area contributed by atoms with Crippen molar-refractivity contribution in [2.45, 2.75) is 76.9 Å². The van der Waals surface area contributed by atoms with E-state index in [1.54, 1.807) is 45.0 Å². The normalized spacial score (nSPS) is 17.6. The highest BCUT2D eigenvalue weighted by molar-refractivity contribution is 5.94. The zero-order valence-electron chi connectivity index (χ0n) is 15.4. The molecule has 2 rings (SSSR count). The smallest absolute Gasteiger partial charge is 0.313 e. The predicted molar refractivity (Wildman–Crippen MR) is 97.8 cm³/mol. The van der Waals surface area contributed by atoms with E-state index in [0.29, 0.717) is 11.3 Å². The van der Waals surface area contributed by atoms with Gasteiger partial charge in [0.1, 0.15) is 6.10 Å². The lowest BCUT2D eigenvalue weighted by atomic mass is 9.85. The van der Waals surface area contributed by atoms with Gasteiger partial charge in [-0.25, -0.2) is 0 Å². The Morgan fingerprint density at radius 2 is 1.68 bits per heavy atom. The number of carboxylic acid groups (broad SMARTS) is 1. The summed E-state index contributed by atoms with van der Waals surface area (Å²) in [7, 11) is 0. The fourth-order valence-electron chi connectivity index (χ4n) is 3.07. The molecule has 0 aliphatic heterocycles. The van der Waals surface area contributed by atoms with Gasteiger partial charge in [0.25, 0.3) is 5.91 Å². The minimum Gasteiger partial charge on any atom is -0.481 e. The van der Waals surface area contributed by atoms with Gasteiger partial charge in [0.05, 0.1) is 11.5 Å². The van der Waals surface area contributed by atoms with Gasteiger partial charge in [-0.15, -0.1) is 0 Å². The van der Waals surface area contributed by atoms with Gasteiger partial charge in [-0.05, 0) is 51.3 Å². The third-order valence-electron chi connectivity index (χ3n) is 4.98. The van der Waals surface area contributed by atoms with Crippen molar-refractivity contribution in [3.63, 3.8) is 0 Å². The molecule has 5 nitrogen and oxygen atoms in total. The van der Waals surface area contributed by atoms with Crippen LogP contribution >= 0.6 is 0 Å². The Kier molecular flexibility index (Phi) is 6.59. The molecule has 1 fully saturated rings. The number of aliphatic carboxylic acids is 1. The topological polar surface area (TPSA) is 75.6 Å². The van der Waals surface area contributed by atoms with E-state index in [-0.39, 0.29) is 12.0 Å². The van der Waals surface area contributed by atoms with Crippen molar-refractivity contribution < 1.29 is 19.4 Å². The Labute approximate surface area is 149 Å². The number of anilines is 1. The third kappa shape index (κ3) is 5.30. The van der Waals surface area contributed by atoms with Crippen molar-refractivity contribution in [1.29, 1.82) is 0 Å². The van der Waals surface area contributed by atoms with E-state index in [1.807, 2.05) is 0 Å². The predicted octanol–water partition coefficient (Wildman–Crippen LogP) is 4.12. The number of hydrogen-bond acceptors (Lipinski definition) is 3. The van der Waals surface area contributed by atoms with Crippen LogP contribution in [-0.4, -0.2) is 29.2 Å². The Morgan fingerprint density at radius 1 is 1.12 bits per heavy atom. The number of carboxylic acids is 1. The van der Waals surface area contributed by atoms with Gasteiger partial charge < -0.3 is 15.2 Å². The van der Waals surface area contributed by atoms with E-state index < -0.39 is 17.5 Å². The van der Waals surface area contributed by atoms with Crippen LogP contribution in [0, 0.1) is 0 Å². The van der Waals surface area contributed by atoms with Gasteiger partial charge >= 0.3 is 5.97 Å². The number of ether oxygens (including phenoxy) is 1. The number of rotatable bonds is 6. The zero-order chi connectivity index (χ0) is 18.4. The number of benzene rings is 1. The summed E-state index contributed by atoms with van der Waals surface area (Å²) in [6.45, 7) is 5.10. The lowest BCUT2D eigenvalue weighted by molar-refractivity contribution is -0.142. The van der Waals surface area contributed by atoms with Gasteiger partial charge in [-0.1, -0.05) is 37.8 Å². The first kappa shape index (κ1) is 19.4. The molecule has 1 aliphatic rings. The molecule has 1 aromatic carbocycles. The molecule has 0 spiro atoms. The van der Waals surface area contributed by atoms with Crippen LogP contribution < -0.4 is 5.32 Å². The molecule has 5 heteroatoms. The molecule has 0 bridgehead atoms. The van der Waals surface area contributed by atoms with Gasteiger partial charge in [0, 0.05) is 5.69 Å². The van der Waals surface area contributed by atoms with E-state index in [2.05, 4.69) is 5.32 Å². The van der Waals surface area contributed by atoms with Gasteiger partial charge in [-0.3, -0.25) is 9.59 Å². The highest BCUT2D eigenvalue weighted by Crippen LogP contribution is 2.25. The summed E-state index contributed by atoms with van der Waals surface area (Å²) in [6.07, 6.45) is 6.55. The number of carbonyl (C=O) groups is 2. The van der Waals surface area contributed by atoms with Gasteiger partial charge in [0.15, 0.2) is 0 Å². The van der Waals surface area contributed by atoms with Crippen molar-refractivity contribution in [3.8, 4) is 0 Å². The summed E-state index contributed by atoms with van der Waals surface area (Å²) in [5.41, 5.74) is 0.380. The lowest BCUT2D eigenvalue weighted by Crippen LogP contribution is -2.31. The van der Waals surface area contributed by atoms with Crippen molar-refractivity contribution in [3.05, 3.63) is 29.8 Å². The van der Waals surface area contributed by atoms with Crippen LogP contribution in [0.3, 0.4) is 0 Å². The van der Waals surface area contributed by atoms with Crippen LogP contribution in [0.5, 0.6) is 0 Å². The van der Waals surface area contributed by atoms with Crippen LogP contribution in [0.1, 0.15) is 64.9 Å². The molecule has 25 heavy (non-hydrogen) atoms. The van der Waals surface area contributed by atoms with Crippen LogP contribution in [0.25, 0.3) is 0 Å². The highest BCUT2D eigenvalue weighted by Gasteiger charge is 2.29. The molecular formula is C20H29NO4. The Hall–Kier alpha value is -1.88. The van der Waals surface area contributed by atoms with E-state index in [1.165, 1.54) is 25.7 Å². The van der Waals surface area contributed by atoms with Gasteiger partial charge in [0.2, 0.25) is 0 Å². The molecule has 1 aliphatic carbocycles. The van der Waals surface area contributed by atoms with E-state index >= 15 is 0 Å². The lowest BCUT2D eigenvalue weighted by Gasteiger charge is -2.21. The number of carbonyl (C=O) groups excluding carboxylic acids is 1. The number of nitrogens with one attached hydrogen (secondary N) is 1. The zero-order valence-corrected chi connectivity index (χ0v) is 15.4. The maximum atomic E-state index is 12.3. The summed E-state index contributed by atoms with van der Waals surface area (Å²) in [5.74, 6) is -1.05. The standard InChI is InChI=1S/C20H29NO4/c1-14(25-17-8-6-4-5-7-9-17)18(22)21-16-12-10-15(11-13-16)20(2,3)19(23)24/h10-14,17H,4-9H2,1-3H3,(H,21,22)(H,23,24). The molecule has 0 saturated heterocycles. The molecule has 0 radical (unpaired) electrons. The van der Waals surface area contributed by atoms with Crippen molar-refractivity contribution in [2.24, 2.45) is 0 Å². The van der Waals surface area contributed by atoms with E-state index in [0.717, 1.165) is 12.8 Å². The van der Waals surface area contributed by atoms with Crippen molar-refractivity contribution in [1.82, 2.24) is 0 Å². The Bertz CT molecular complexity index is 586. The summed E-state index contributed by atoms with van der Waals surface area (Å²) < 4.78 is 5.92. The minimum absolute atomic E-state index is 0.169. The second-order valence-electron chi connectivity index (χ2n) is 7.39. The van der Waals surface area contributed by atoms with E-state index in [9.17, 15) is 14.7 Å². The molecule has 1 atom stereocenters. The monoisotopic (exact) mass is 347 g/mol. The highest BCUT2D eigenvalue weighted by atomic mass is 16.5. The van der Waals surface area contributed by atoms with E-state index in [4.69, 9.17) is 4.74 Å². The van der Waals surface area contributed by atoms with Gasteiger partial charge in [-0.2, -0.15) is 0 Å². The first-order valence-electron chi connectivity index (χ1n) is 9.11. The maximum absolute atomic E-state index is 12.3. The maximum Gasteiger partial charge on any atom is 0.313 e. The van der Waals surface area contributed by atoms with Crippen LogP contribution in [0.15, 0.2) is 24.3 Å². The van der Waals surface area contributed by atoms with Crippen molar-refractivity contribution in [2.75, 3.05) is 5.32 Å². The average molecular weight is 347 g/mol. The third-order valence-corrected chi connectivity index (χ3v) is 4.98. The molecule has 1 amide bonds. The molecule has 1 aromatic rings. The molecule has 0 heterocycles. The molecule has 2 N–H and O–H groups in total. The average Bonchev–Trinajstić information content (AvgIpc) is 2.83. The molecule has 1 saturated carbocycles. The Balaban J connectivity index is 1.92. The largest absolute Gasteiger partial charge is 0.481 e. The second-order valence-corrected chi connectivity index (χ2v) is 7.39. The summed E-state index contributed by atoms with van der Waals surface area (Å²) in [5, 5.41) is 12.1. The number of amides is 1.